The van der Waals surface area contributed by atoms with Crippen molar-refractivity contribution >= 4 is 23.0 Å². The molecule has 15 heavy (non-hydrogen) atoms. The molecule has 0 amide bonds. The third kappa shape index (κ3) is 1.62. The molecule has 6 heteroatoms. The molecule has 0 aliphatic carbocycles. The Balaban J connectivity index is 2.50. The van der Waals surface area contributed by atoms with Crippen LogP contribution in [0.3, 0.4) is 0 Å². The highest BCUT2D eigenvalue weighted by Crippen LogP contribution is 2.15. The molecule has 0 unspecified atom stereocenters. The lowest BCUT2D eigenvalue weighted by Crippen LogP contribution is -2.07. The molecule has 6 nitrogen and oxygen atoms in total. The maximum Gasteiger partial charge on any atom is 0.337 e. The number of hydrazine groups is 1. The monoisotopic (exact) mass is 206 g/mol. The van der Waals surface area contributed by atoms with Crippen LogP contribution in [0.15, 0.2) is 18.2 Å². The Kier molecular flexibility index (Phi) is 2.26. The number of carbonyl (C=O) groups is 1. The molecule has 2 aromatic rings. The van der Waals surface area contributed by atoms with Gasteiger partial charge in [-0.25, -0.2) is 15.6 Å². The molecule has 0 spiro atoms. The molecule has 0 radical (unpaired) electrons. The van der Waals surface area contributed by atoms with Gasteiger partial charge in [0.25, 0.3) is 0 Å². The lowest BCUT2D eigenvalue weighted by molar-refractivity contribution is 0.0601. The molecule has 0 aliphatic heterocycles. The molecule has 0 saturated carbocycles. The highest BCUT2D eigenvalue weighted by atomic mass is 16.5. The topological polar surface area (TPSA) is 93.0 Å². The number of anilines is 1. The van der Waals surface area contributed by atoms with Crippen molar-refractivity contribution in [1.82, 2.24) is 9.97 Å². The third-order valence-corrected chi connectivity index (χ3v) is 2.04. The van der Waals surface area contributed by atoms with E-state index in [-0.39, 0.29) is 5.97 Å². The Hall–Kier alpha value is -2.08. The molecule has 1 aromatic carbocycles. The van der Waals surface area contributed by atoms with Gasteiger partial charge in [-0.3, -0.25) is 5.43 Å². The Morgan fingerprint density at radius 2 is 2.40 bits per heavy atom. The van der Waals surface area contributed by atoms with Crippen LogP contribution in [0, 0.1) is 0 Å². The van der Waals surface area contributed by atoms with Crippen molar-refractivity contribution in [2.45, 2.75) is 0 Å². The summed E-state index contributed by atoms with van der Waals surface area (Å²) in [4.78, 5) is 18.3. The molecule has 1 aromatic heterocycles. The number of H-pyrrole nitrogens is 1. The molecule has 0 atom stereocenters. The number of hydrogen-bond donors (Lipinski definition) is 3. The van der Waals surface area contributed by atoms with E-state index < -0.39 is 0 Å². The fraction of sp³-hybridized carbons (Fsp3) is 0.111. The predicted octanol–water partition coefficient (Wildman–Crippen LogP) is 0.635. The van der Waals surface area contributed by atoms with Crippen LogP contribution in [-0.2, 0) is 4.74 Å². The van der Waals surface area contributed by atoms with E-state index in [0.29, 0.717) is 11.5 Å². The Morgan fingerprint density at radius 3 is 3.07 bits per heavy atom. The zero-order chi connectivity index (χ0) is 10.8. The third-order valence-electron chi connectivity index (χ3n) is 2.04. The zero-order valence-electron chi connectivity index (χ0n) is 8.07. The Labute approximate surface area is 85.4 Å². The van der Waals surface area contributed by atoms with Crippen LogP contribution >= 0.6 is 0 Å². The summed E-state index contributed by atoms with van der Waals surface area (Å²) >= 11 is 0. The minimum atomic E-state index is -0.381. The second-order valence-corrected chi connectivity index (χ2v) is 2.95. The van der Waals surface area contributed by atoms with E-state index in [1.807, 2.05) is 0 Å². The lowest BCUT2D eigenvalue weighted by Gasteiger charge is -1.97. The summed E-state index contributed by atoms with van der Waals surface area (Å²) < 4.78 is 4.60. The molecule has 0 fully saturated rings. The second-order valence-electron chi connectivity index (χ2n) is 2.95. The number of aromatic amines is 1. The molecule has 1 heterocycles. The smallest absolute Gasteiger partial charge is 0.337 e. The number of aromatic nitrogens is 2. The summed E-state index contributed by atoms with van der Waals surface area (Å²) in [6.07, 6.45) is 0. The molecule has 0 saturated heterocycles. The van der Waals surface area contributed by atoms with Gasteiger partial charge in [0.1, 0.15) is 0 Å². The van der Waals surface area contributed by atoms with E-state index in [4.69, 9.17) is 5.84 Å². The Bertz CT molecular complexity index is 506. The van der Waals surface area contributed by atoms with Crippen molar-refractivity contribution in [2.24, 2.45) is 5.84 Å². The number of imidazole rings is 1. The van der Waals surface area contributed by atoms with E-state index in [1.54, 1.807) is 18.2 Å². The van der Waals surface area contributed by atoms with E-state index in [1.165, 1.54) is 7.11 Å². The standard InChI is InChI=1S/C9H10N4O2/c1-15-8(14)5-2-3-6-7(4-5)12-9(11-6)13-10/h2-4H,10H2,1H3,(H2,11,12,13). The van der Waals surface area contributed by atoms with E-state index in [2.05, 4.69) is 20.1 Å². The number of nitrogens with two attached hydrogens (primary N) is 1. The van der Waals surface area contributed by atoms with Gasteiger partial charge in [0.15, 0.2) is 0 Å². The van der Waals surface area contributed by atoms with Gasteiger partial charge in [0, 0.05) is 0 Å². The molecular weight excluding hydrogens is 196 g/mol. The fourth-order valence-corrected chi connectivity index (χ4v) is 1.32. The van der Waals surface area contributed by atoms with Gasteiger partial charge in [-0.1, -0.05) is 0 Å². The zero-order valence-corrected chi connectivity index (χ0v) is 8.07. The number of fused-ring (bicyclic) bond motifs is 1. The molecule has 4 N–H and O–H groups in total. The Morgan fingerprint density at radius 1 is 1.60 bits per heavy atom. The molecule has 0 bridgehead atoms. The first-order chi connectivity index (χ1) is 7.24. The number of benzene rings is 1. The second kappa shape index (κ2) is 3.58. The number of esters is 1. The average molecular weight is 206 g/mol. The number of nitrogens with zero attached hydrogens (tertiary/aromatic N) is 1. The van der Waals surface area contributed by atoms with Crippen molar-refractivity contribution in [3.05, 3.63) is 23.8 Å². The van der Waals surface area contributed by atoms with Gasteiger partial charge in [-0.05, 0) is 18.2 Å². The number of methoxy groups -OCH3 is 1. The first-order valence-corrected chi connectivity index (χ1v) is 4.29. The summed E-state index contributed by atoms with van der Waals surface area (Å²) in [6.45, 7) is 0. The fourth-order valence-electron chi connectivity index (χ4n) is 1.32. The summed E-state index contributed by atoms with van der Waals surface area (Å²) in [5.74, 6) is 5.27. The SMILES string of the molecule is COC(=O)c1ccc2nc(NN)[nH]c2c1. The van der Waals surface area contributed by atoms with Crippen molar-refractivity contribution in [1.29, 1.82) is 0 Å². The first-order valence-electron chi connectivity index (χ1n) is 4.29. The van der Waals surface area contributed by atoms with Crippen molar-refractivity contribution in [2.75, 3.05) is 12.5 Å². The lowest BCUT2D eigenvalue weighted by atomic mass is 10.2. The summed E-state index contributed by atoms with van der Waals surface area (Å²) in [6, 6.07) is 5.03. The minimum absolute atomic E-state index is 0.381. The van der Waals surface area contributed by atoms with E-state index >= 15 is 0 Å². The number of nitrogens with one attached hydrogen (secondary N) is 2. The van der Waals surface area contributed by atoms with Gasteiger partial charge in [-0.15, -0.1) is 0 Å². The number of carbonyl (C=O) groups excluding carboxylic acids is 1. The van der Waals surface area contributed by atoms with Gasteiger partial charge >= 0.3 is 5.97 Å². The maximum atomic E-state index is 11.2. The number of hydrogen-bond acceptors (Lipinski definition) is 5. The van der Waals surface area contributed by atoms with Crippen molar-refractivity contribution in [3.63, 3.8) is 0 Å². The van der Waals surface area contributed by atoms with Crippen LogP contribution in [-0.4, -0.2) is 23.0 Å². The largest absolute Gasteiger partial charge is 0.465 e. The van der Waals surface area contributed by atoms with Crippen LogP contribution in [0.4, 0.5) is 5.95 Å². The van der Waals surface area contributed by atoms with Crippen molar-refractivity contribution < 1.29 is 9.53 Å². The number of ether oxygens (including phenoxy) is 1. The first kappa shape index (κ1) is 9.47. The van der Waals surface area contributed by atoms with Crippen LogP contribution in [0.2, 0.25) is 0 Å². The van der Waals surface area contributed by atoms with Gasteiger partial charge in [-0.2, -0.15) is 0 Å². The average Bonchev–Trinajstić information content (AvgIpc) is 2.69. The molecule has 78 valence electrons. The quantitative estimate of drug-likeness (QED) is 0.381. The van der Waals surface area contributed by atoms with Crippen LogP contribution in [0.25, 0.3) is 11.0 Å². The highest BCUT2D eigenvalue weighted by Gasteiger charge is 2.08. The van der Waals surface area contributed by atoms with E-state index in [9.17, 15) is 4.79 Å². The normalized spacial score (nSPS) is 10.3. The maximum absolute atomic E-state index is 11.2. The van der Waals surface area contributed by atoms with Gasteiger partial charge < -0.3 is 9.72 Å². The van der Waals surface area contributed by atoms with Gasteiger partial charge in [0.05, 0.1) is 23.7 Å². The number of rotatable bonds is 2. The molecule has 2 rings (SSSR count). The molecular formula is C9H10N4O2. The molecule has 0 aliphatic rings. The van der Waals surface area contributed by atoms with Crippen molar-refractivity contribution in [3.8, 4) is 0 Å². The highest BCUT2D eigenvalue weighted by molar-refractivity contribution is 5.93. The summed E-state index contributed by atoms with van der Waals surface area (Å²) in [7, 11) is 1.34. The van der Waals surface area contributed by atoms with E-state index in [0.717, 1.165) is 11.0 Å². The van der Waals surface area contributed by atoms with Gasteiger partial charge in [0.2, 0.25) is 5.95 Å². The van der Waals surface area contributed by atoms with Crippen LogP contribution < -0.4 is 11.3 Å². The predicted molar refractivity (Wildman–Crippen MR) is 55.2 cm³/mol. The van der Waals surface area contributed by atoms with Crippen LogP contribution in [0.5, 0.6) is 0 Å². The number of nitrogen functional groups attached to an aromatic ring is 1. The summed E-state index contributed by atoms with van der Waals surface area (Å²) in [5.41, 5.74) is 4.33. The minimum Gasteiger partial charge on any atom is -0.465 e. The van der Waals surface area contributed by atoms with Crippen LogP contribution in [0.1, 0.15) is 10.4 Å². The summed E-state index contributed by atoms with van der Waals surface area (Å²) in [5, 5.41) is 0.